The van der Waals surface area contributed by atoms with E-state index in [9.17, 15) is 0 Å². The maximum absolute atomic E-state index is 8.96. The summed E-state index contributed by atoms with van der Waals surface area (Å²) in [5.41, 5.74) is 0. The molecule has 1 aliphatic heterocycles. The van der Waals surface area contributed by atoms with E-state index < -0.39 is 0 Å². The van der Waals surface area contributed by atoms with E-state index in [1.165, 1.54) is 0 Å². The van der Waals surface area contributed by atoms with Gasteiger partial charge in [-0.3, -0.25) is 0 Å². The lowest BCUT2D eigenvalue weighted by atomic mass is 9.89. The van der Waals surface area contributed by atoms with Crippen molar-refractivity contribution in [1.29, 1.82) is 0 Å². The van der Waals surface area contributed by atoms with Crippen molar-refractivity contribution in [3.8, 4) is 0 Å². The van der Waals surface area contributed by atoms with Crippen LogP contribution in [0, 0.1) is 0 Å². The van der Waals surface area contributed by atoms with Gasteiger partial charge in [-0.1, -0.05) is 0 Å². The molecule has 88 valence electrons. The average molecular weight is 215 g/mol. The number of aliphatic hydroxyl groups excluding tert-OH is 1. The Balaban J connectivity index is 1.76. The van der Waals surface area contributed by atoms with Crippen LogP contribution in [0.15, 0.2) is 0 Å². The summed E-state index contributed by atoms with van der Waals surface area (Å²) in [5, 5.41) is 12.4. The Hall–Kier alpha value is -0.160. The molecule has 15 heavy (non-hydrogen) atoms. The highest BCUT2D eigenvalue weighted by Crippen LogP contribution is 2.35. The number of hydrogen-bond donors (Lipinski definition) is 2. The summed E-state index contributed by atoms with van der Waals surface area (Å²) in [5.74, 6) is -0.263. The summed E-state index contributed by atoms with van der Waals surface area (Å²) in [4.78, 5) is 0. The van der Waals surface area contributed by atoms with E-state index in [4.69, 9.17) is 14.6 Å². The summed E-state index contributed by atoms with van der Waals surface area (Å²) in [7, 11) is 0. The van der Waals surface area contributed by atoms with Crippen molar-refractivity contribution in [2.24, 2.45) is 0 Å². The van der Waals surface area contributed by atoms with Crippen molar-refractivity contribution in [3.63, 3.8) is 0 Å². The van der Waals surface area contributed by atoms with Gasteiger partial charge in [0.2, 0.25) is 0 Å². The highest BCUT2D eigenvalue weighted by atomic mass is 16.7. The van der Waals surface area contributed by atoms with Crippen molar-refractivity contribution < 1.29 is 14.6 Å². The van der Waals surface area contributed by atoms with Gasteiger partial charge >= 0.3 is 0 Å². The molecule has 0 unspecified atom stereocenters. The van der Waals surface area contributed by atoms with Crippen LogP contribution >= 0.6 is 0 Å². The van der Waals surface area contributed by atoms with E-state index in [2.05, 4.69) is 5.32 Å². The third-order valence-electron chi connectivity index (χ3n) is 3.36. The third kappa shape index (κ3) is 2.69. The van der Waals surface area contributed by atoms with Gasteiger partial charge in [-0.25, -0.2) is 0 Å². The second-order valence-corrected chi connectivity index (χ2v) is 4.63. The molecule has 4 heteroatoms. The smallest absolute Gasteiger partial charge is 0.168 e. The van der Waals surface area contributed by atoms with Crippen LogP contribution < -0.4 is 5.32 Å². The van der Waals surface area contributed by atoms with Crippen molar-refractivity contribution in [2.45, 2.75) is 50.5 Å². The van der Waals surface area contributed by atoms with Crippen LogP contribution in [-0.4, -0.2) is 42.8 Å². The predicted molar refractivity (Wildman–Crippen MR) is 56.6 cm³/mol. The van der Waals surface area contributed by atoms with Crippen molar-refractivity contribution in [1.82, 2.24) is 5.32 Å². The van der Waals surface area contributed by atoms with E-state index in [-0.39, 0.29) is 18.4 Å². The SMILES string of the molecule is C[C@@H](CO)NC1CCC2(CC1)OCCO2. The molecule has 1 saturated heterocycles. The third-order valence-corrected chi connectivity index (χ3v) is 3.36. The summed E-state index contributed by atoms with van der Waals surface area (Å²) in [6, 6.07) is 0.694. The zero-order valence-electron chi connectivity index (χ0n) is 9.37. The fourth-order valence-electron chi connectivity index (χ4n) is 2.47. The summed E-state index contributed by atoms with van der Waals surface area (Å²) in [6.45, 7) is 3.69. The quantitative estimate of drug-likeness (QED) is 0.725. The summed E-state index contributed by atoms with van der Waals surface area (Å²) in [6.07, 6.45) is 4.10. The first-order chi connectivity index (χ1) is 7.24. The predicted octanol–water partition coefficient (Wildman–Crippen LogP) is 0.642. The maximum atomic E-state index is 8.96. The second-order valence-electron chi connectivity index (χ2n) is 4.63. The molecule has 0 bridgehead atoms. The Morgan fingerprint density at radius 1 is 1.33 bits per heavy atom. The van der Waals surface area contributed by atoms with E-state index in [1.54, 1.807) is 0 Å². The molecule has 1 atom stereocenters. The number of aliphatic hydroxyl groups is 1. The molecule has 4 nitrogen and oxygen atoms in total. The largest absolute Gasteiger partial charge is 0.395 e. The highest BCUT2D eigenvalue weighted by Gasteiger charge is 2.40. The normalized spacial score (nSPS) is 28.4. The zero-order chi connectivity index (χ0) is 10.7. The van der Waals surface area contributed by atoms with Crippen LogP contribution in [0.1, 0.15) is 32.6 Å². The first-order valence-corrected chi connectivity index (χ1v) is 5.89. The molecule has 1 heterocycles. The molecule has 2 fully saturated rings. The average Bonchev–Trinajstić information content (AvgIpc) is 2.70. The van der Waals surface area contributed by atoms with Crippen LogP contribution in [0.25, 0.3) is 0 Å². The van der Waals surface area contributed by atoms with Gasteiger partial charge in [0.05, 0.1) is 19.8 Å². The molecule has 0 amide bonds. The standard InChI is InChI=1S/C11H21NO3/c1-9(8-13)12-10-2-4-11(5-3-10)14-6-7-15-11/h9-10,12-13H,2-8H2,1H3/t9-/m0/s1. The number of ether oxygens (including phenoxy) is 2. The lowest BCUT2D eigenvalue weighted by Gasteiger charge is -2.36. The molecular weight excluding hydrogens is 194 g/mol. The Kier molecular flexibility index (Phi) is 3.61. The van der Waals surface area contributed by atoms with E-state index in [0.717, 1.165) is 38.9 Å². The Labute approximate surface area is 90.9 Å². The van der Waals surface area contributed by atoms with E-state index in [0.29, 0.717) is 6.04 Å². The van der Waals surface area contributed by atoms with E-state index in [1.807, 2.05) is 6.92 Å². The van der Waals surface area contributed by atoms with Gasteiger partial charge in [0.25, 0.3) is 0 Å². The Morgan fingerprint density at radius 2 is 1.93 bits per heavy atom. The van der Waals surface area contributed by atoms with Gasteiger partial charge in [-0.2, -0.15) is 0 Å². The monoisotopic (exact) mass is 215 g/mol. The first-order valence-electron chi connectivity index (χ1n) is 5.89. The van der Waals surface area contributed by atoms with Crippen LogP contribution in [-0.2, 0) is 9.47 Å². The van der Waals surface area contributed by atoms with Crippen molar-refractivity contribution >= 4 is 0 Å². The number of hydrogen-bond acceptors (Lipinski definition) is 4. The molecule has 0 radical (unpaired) electrons. The molecule has 1 saturated carbocycles. The van der Waals surface area contributed by atoms with Crippen molar-refractivity contribution in [3.05, 3.63) is 0 Å². The van der Waals surface area contributed by atoms with Gasteiger partial charge in [-0.15, -0.1) is 0 Å². The topological polar surface area (TPSA) is 50.7 Å². The minimum atomic E-state index is -0.263. The molecule has 2 rings (SSSR count). The maximum Gasteiger partial charge on any atom is 0.168 e. The summed E-state index contributed by atoms with van der Waals surface area (Å²) >= 11 is 0. The fraction of sp³-hybridized carbons (Fsp3) is 1.00. The molecule has 0 aromatic carbocycles. The molecular formula is C11H21NO3. The van der Waals surface area contributed by atoms with Gasteiger partial charge < -0.3 is 19.9 Å². The number of rotatable bonds is 3. The molecule has 0 aromatic rings. The second kappa shape index (κ2) is 4.78. The Bertz CT molecular complexity index is 194. The van der Waals surface area contributed by atoms with Crippen LogP contribution in [0.3, 0.4) is 0 Å². The Morgan fingerprint density at radius 3 is 2.47 bits per heavy atom. The van der Waals surface area contributed by atoms with Gasteiger partial charge in [0, 0.05) is 24.9 Å². The fourth-order valence-corrected chi connectivity index (χ4v) is 2.47. The molecule has 2 aliphatic rings. The lowest BCUT2D eigenvalue weighted by molar-refractivity contribution is -0.179. The van der Waals surface area contributed by atoms with Gasteiger partial charge in [0.15, 0.2) is 5.79 Å². The molecule has 2 N–H and O–H groups in total. The molecule has 0 aromatic heterocycles. The summed E-state index contributed by atoms with van der Waals surface area (Å²) < 4.78 is 11.3. The first kappa shape index (κ1) is 11.3. The van der Waals surface area contributed by atoms with Gasteiger partial charge in [0.1, 0.15) is 0 Å². The molecule has 1 spiro atoms. The van der Waals surface area contributed by atoms with Crippen molar-refractivity contribution in [2.75, 3.05) is 19.8 Å². The number of nitrogens with one attached hydrogen (secondary N) is 1. The van der Waals surface area contributed by atoms with Gasteiger partial charge in [-0.05, 0) is 19.8 Å². The van der Waals surface area contributed by atoms with Crippen LogP contribution in [0.5, 0.6) is 0 Å². The van der Waals surface area contributed by atoms with Crippen LogP contribution in [0.4, 0.5) is 0 Å². The minimum Gasteiger partial charge on any atom is -0.395 e. The highest BCUT2D eigenvalue weighted by molar-refractivity contribution is 4.86. The van der Waals surface area contributed by atoms with Crippen LogP contribution in [0.2, 0.25) is 0 Å². The van der Waals surface area contributed by atoms with E-state index >= 15 is 0 Å². The zero-order valence-corrected chi connectivity index (χ0v) is 9.37. The minimum absolute atomic E-state index is 0.189. The lowest BCUT2D eigenvalue weighted by Crippen LogP contribution is -2.45. The molecule has 1 aliphatic carbocycles.